The lowest BCUT2D eigenvalue weighted by Crippen LogP contribution is -2.10. The average molecular weight is 283 g/mol. The molecule has 2 rings (SSSR count). The summed E-state index contributed by atoms with van der Waals surface area (Å²) in [5.74, 6) is 0.573. The van der Waals surface area contributed by atoms with Crippen LogP contribution in [0.5, 0.6) is 0 Å². The zero-order valence-corrected chi connectivity index (χ0v) is 11.9. The van der Waals surface area contributed by atoms with Crippen molar-refractivity contribution < 1.29 is 9.18 Å². The molecule has 3 heteroatoms. The molecule has 0 radical (unpaired) electrons. The van der Waals surface area contributed by atoms with E-state index in [4.69, 9.17) is 11.6 Å². The maximum Gasteiger partial charge on any atom is 0.137 e. The van der Waals surface area contributed by atoms with Crippen LogP contribution in [-0.4, -0.2) is 5.78 Å². The number of benzene rings is 1. The summed E-state index contributed by atoms with van der Waals surface area (Å²) in [6.45, 7) is 0. The van der Waals surface area contributed by atoms with Crippen LogP contribution in [0, 0.1) is 11.7 Å². The van der Waals surface area contributed by atoms with Crippen molar-refractivity contribution in [3.8, 4) is 0 Å². The summed E-state index contributed by atoms with van der Waals surface area (Å²) < 4.78 is 12.9. The van der Waals surface area contributed by atoms with Crippen LogP contribution in [-0.2, 0) is 11.2 Å². The molecule has 0 atom stereocenters. The molecule has 104 valence electrons. The van der Waals surface area contributed by atoms with E-state index in [0.717, 1.165) is 17.9 Å². The van der Waals surface area contributed by atoms with Crippen molar-refractivity contribution in [1.29, 1.82) is 0 Å². The third-order valence-electron chi connectivity index (χ3n) is 3.96. The Labute approximate surface area is 119 Å². The van der Waals surface area contributed by atoms with Gasteiger partial charge >= 0.3 is 0 Å². The van der Waals surface area contributed by atoms with Crippen LogP contribution in [0.25, 0.3) is 0 Å². The summed E-state index contributed by atoms with van der Waals surface area (Å²) in [4.78, 5) is 11.9. The van der Waals surface area contributed by atoms with Crippen molar-refractivity contribution in [1.82, 2.24) is 0 Å². The molecule has 1 aromatic carbocycles. The number of carbonyl (C=O) groups is 1. The number of hydrogen-bond acceptors (Lipinski definition) is 1. The first-order chi connectivity index (χ1) is 9.15. The van der Waals surface area contributed by atoms with Gasteiger partial charge in [0, 0.05) is 17.9 Å². The van der Waals surface area contributed by atoms with E-state index in [0.29, 0.717) is 17.9 Å². The molecule has 0 aliphatic heterocycles. The minimum absolute atomic E-state index is 0.207. The van der Waals surface area contributed by atoms with Crippen molar-refractivity contribution >= 4 is 17.4 Å². The van der Waals surface area contributed by atoms with Crippen LogP contribution in [0.4, 0.5) is 4.39 Å². The fourth-order valence-corrected chi connectivity index (χ4v) is 3.04. The largest absolute Gasteiger partial charge is 0.299 e. The van der Waals surface area contributed by atoms with Gasteiger partial charge < -0.3 is 0 Å². The summed E-state index contributed by atoms with van der Waals surface area (Å²) in [6.07, 6.45) is 8.44. The molecule has 1 aromatic rings. The Hall–Kier alpha value is -0.890. The molecular formula is C16H20ClFO. The zero-order valence-electron chi connectivity index (χ0n) is 11.1. The molecule has 0 amide bonds. The van der Waals surface area contributed by atoms with E-state index in [1.807, 2.05) is 0 Å². The van der Waals surface area contributed by atoms with E-state index in [1.165, 1.54) is 44.2 Å². The highest BCUT2D eigenvalue weighted by Gasteiger charge is 2.15. The third kappa shape index (κ3) is 4.61. The first kappa shape index (κ1) is 14.5. The highest BCUT2D eigenvalue weighted by Crippen LogP contribution is 2.27. The number of ketones is 1. The van der Waals surface area contributed by atoms with Gasteiger partial charge in [0.05, 0.1) is 0 Å². The van der Waals surface area contributed by atoms with Gasteiger partial charge in [0.1, 0.15) is 11.6 Å². The van der Waals surface area contributed by atoms with E-state index < -0.39 is 0 Å². The molecule has 0 bridgehead atoms. The van der Waals surface area contributed by atoms with Crippen LogP contribution >= 0.6 is 11.6 Å². The Morgan fingerprint density at radius 3 is 2.68 bits per heavy atom. The molecule has 1 fully saturated rings. The van der Waals surface area contributed by atoms with Crippen molar-refractivity contribution in [2.75, 3.05) is 0 Å². The van der Waals surface area contributed by atoms with Gasteiger partial charge in [-0.15, -0.1) is 0 Å². The second-order valence-corrected chi connectivity index (χ2v) is 5.90. The molecule has 1 aliphatic carbocycles. The zero-order chi connectivity index (χ0) is 13.7. The van der Waals surface area contributed by atoms with Crippen molar-refractivity contribution in [3.05, 3.63) is 34.6 Å². The molecule has 1 saturated carbocycles. The number of hydrogen-bond donors (Lipinski definition) is 0. The van der Waals surface area contributed by atoms with Gasteiger partial charge in [-0.2, -0.15) is 0 Å². The van der Waals surface area contributed by atoms with Gasteiger partial charge in [-0.1, -0.05) is 49.8 Å². The fourth-order valence-electron chi connectivity index (χ4n) is 2.81. The minimum atomic E-state index is -0.358. The highest BCUT2D eigenvalue weighted by atomic mass is 35.5. The highest BCUT2D eigenvalue weighted by molar-refractivity contribution is 6.31. The Balaban J connectivity index is 1.80. The SMILES string of the molecule is O=C(CCC1CCCCC1)Cc1ccc(F)cc1Cl. The molecule has 0 spiro atoms. The van der Waals surface area contributed by atoms with E-state index >= 15 is 0 Å². The smallest absolute Gasteiger partial charge is 0.137 e. The van der Waals surface area contributed by atoms with Gasteiger partial charge in [0.15, 0.2) is 0 Å². The first-order valence-electron chi connectivity index (χ1n) is 7.11. The molecule has 0 unspecified atom stereocenters. The van der Waals surface area contributed by atoms with Gasteiger partial charge in [-0.3, -0.25) is 4.79 Å². The number of halogens is 2. The summed E-state index contributed by atoms with van der Waals surface area (Å²) >= 11 is 5.93. The Morgan fingerprint density at radius 1 is 1.26 bits per heavy atom. The quantitative estimate of drug-likeness (QED) is 0.747. The molecule has 0 N–H and O–H groups in total. The second kappa shape index (κ2) is 7.04. The topological polar surface area (TPSA) is 17.1 Å². The third-order valence-corrected chi connectivity index (χ3v) is 4.31. The Morgan fingerprint density at radius 2 is 2.00 bits per heavy atom. The Kier molecular flexibility index (Phi) is 5.38. The molecule has 0 heterocycles. The molecule has 1 nitrogen and oxygen atoms in total. The second-order valence-electron chi connectivity index (χ2n) is 5.49. The number of carbonyl (C=O) groups excluding carboxylic acids is 1. The van der Waals surface area contributed by atoms with E-state index in [1.54, 1.807) is 6.07 Å². The molecule has 1 aliphatic rings. The molecule has 0 saturated heterocycles. The van der Waals surface area contributed by atoms with E-state index in [-0.39, 0.29) is 11.6 Å². The summed E-state index contributed by atoms with van der Waals surface area (Å²) in [5.41, 5.74) is 0.733. The molecule has 19 heavy (non-hydrogen) atoms. The average Bonchev–Trinajstić information content (AvgIpc) is 2.41. The standard InChI is InChI=1S/C16H20ClFO/c17-16-11-14(18)8-7-13(16)10-15(19)9-6-12-4-2-1-3-5-12/h7-8,11-12H,1-6,9-10H2. The van der Waals surface area contributed by atoms with E-state index in [2.05, 4.69) is 0 Å². The van der Waals surface area contributed by atoms with Crippen molar-refractivity contribution in [2.24, 2.45) is 5.92 Å². The van der Waals surface area contributed by atoms with Crippen molar-refractivity contribution in [3.63, 3.8) is 0 Å². The van der Waals surface area contributed by atoms with Crippen molar-refractivity contribution in [2.45, 2.75) is 51.4 Å². The van der Waals surface area contributed by atoms with Gasteiger partial charge in [-0.05, 0) is 30.0 Å². The van der Waals surface area contributed by atoms with Crippen LogP contribution in [0.15, 0.2) is 18.2 Å². The van der Waals surface area contributed by atoms with Gasteiger partial charge in [0.2, 0.25) is 0 Å². The minimum Gasteiger partial charge on any atom is -0.299 e. The lowest BCUT2D eigenvalue weighted by Gasteiger charge is -2.20. The Bertz CT molecular complexity index is 438. The molecular weight excluding hydrogens is 263 g/mol. The normalized spacial score (nSPS) is 16.5. The van der Waals surface area contributed by atoms with Crippen LogP contribution in [0.3, 0.4) is 0 Å². The lowest BCUT2D eigenvalue weighted by molar-refractivity contribution is -0.118. The predicted molar refractivity (Wildman–Crippen MR) is 75.9 cm³/mol. The van der Waals surface area contributed by atoms with Crippen LogP contribution in [0.1, 0.15) is 50.5 Å². The maximum absolute atomic E-state index is 12.9. The summed E-state index contributed by atoms with van der Waals surface area (Å²) in [6, 6.07) is 4.23. The number of rotatable bonds is 5. The lowest BCUT2D eigenvalue weighted by atomic mass is 9.85. The van der Waals surface area contributed by atoms with Crippen LogP contribution < -0.4 is 0 Å². The van der Waals surface area contributed by atoms with Gasteiger partial charge in [0.25, 0.3) is 0 Å². The molecule has 0 aromatic heterocycles. The maximum atomic E-state index is 12.9. The first-order valence-corrected chi connectivity index (χ1v) is 7.48. The number of Topliss-reactive ketones (excluding diaryl/α,β-unsaturated/α-hetero) is 1. The fraction of sp³-hybridized carbons (Fsp3) is 0.562. The van der Waals surface area contributed by atoms with Gasteiger partial charge in [-0.25, -0.2) is 4.39 Å². The predicted octanol–water partition coefficient (Wildman–Crippen LogP) is 4.95. The monoisotopic (exact) mass is 282 g/mol. The summed E-state index contributed by atoms with van der Waals surface area (Å²) in [7, 11) is 0. The van der Waals surface area contributed by atoms with Crippen LogP contribution in [0.2, 0.25) is 5.02 Å². The van der Waals surface area contributed by atoms with E-state index in [9.17, 15) is 9.18 Å². The summed E-state index contributed by atoms with van der Waals surface area (Å²) in [5, 5.41) is 0.353.